The second-order valence-corrected chi connectivity index (χ2v) is 6.45. The third-order valence-electron chi connectivity index (χ3n) is 4.40. The lowest BCUT2D eigenvalue weighted by Gasteiger charge is -2.41. The molecule has 2 aliphatic rings. The summed E-state index contributed by atoms with van der Waals surface area (Å²) in [6, 6.07) is 0.260. The highest BCUT2D eigenvalue weighted by atomic mass is 16.5. The minimum Gasteiger partial charge on any atom is -0.375 e. The number of urea groups is 1. The molecule has 0 saturated carbocycles. The summed E-state index contributed by atoms with van der Waals surface area (Å²) in [5.41, 5.74) is -0.203. The number of hydrogen-bond acceptors (Lipinski definition) is 3. The van der Waals surface area contributed by atoms with Gasteiger partial charge in [-0.1, -0.05) is 6.92 Å². The molecule has 5 heteroatoms. The number of morpholine rings is 1. The maximum absolute atomic E-state index is 12.4. The van der Waals surface area contributed by atoms with E-state index in [-0.39, 0.29) is 29.9 Å². The highest BCUT2D eigenvalue weighted by Gasteiger charge is 2.34. The van der Waals surface area contributed by atoms with Gasteiger partial charge in [0.2, 0.25) is 0 Å². The van der Waals surface area contributed by atoms with Gasteiger partial charge in [0, 0.05) is 12.6 Å². The Hall–Kier alpha value is -0.810. The lowest BCUT2D eigenvalue weighted by Crippen LogP contribution is -2.56. The van der Waals surface area contributed by atoms with Gasteiger partial charge in [-0.25, -0.2) is 4.79 Å². The fourth-order valence-corrected chi connectivity index (χ4v) is 3.11. The van der Waals surface area contributed by atoms with Crippen LogP contribution in [0.5, 0.6) is 0 Å². The van der Waals surface area contributed by atoms with Crippen molar-refractivity contribution in [2.75, 3.05) is 19.7 Å². The van der Waals surface area contributed by atoms with Crippen LogP contribution in [0.2, 0.25) is 0 Å². The van der Waals surface area contributed by atoms with Gasteiger partial charge in [-0.3, -0.25) is 0 Å². The molecule has 0 aromatic rings. The number of amides is 2. The predicted molar refractivity (Wildman–Crippen MR) is 77.8 cm³/mol. The van der Waals surface area contributed by atoms with E-state index in [0.717, 1.165) is 19.3 Å². The normalized spacial score (nSPS) is 38.6. The van der Waals surface area contributed by atoms with Gasteiger partial charge >= 0.3 is 6.03 Å². The van der Waals surface area contributed by atoms with Crippen molar-refractivity contribution in [3.05, 3.63) is 0 Å². The molecule has 3 atom stereocenters. The molecule has 0 spiro atoms. The summed E-state index contributed by atoms with van der Waals surface area (Å²) in [5.74, 6) is 0. The van der Waals surface area contributed by atoms with Gasteiger partial charge in [0.05, 0.1) is 31.0 Å². The lowest BCUT2D eigenvalue weighted by atomic mass is 9.99. The summed E-state index contributed by atoms with van der Waals surface area (Å²) in [6.45, 7) is 10.3. The zero-order valence-electron chi connectivity index (χ0n) is 13.1. The molecule has 0 bridgehead atoms. The quantitative estimate of drug-likeness (QED) is 0.845. The Morgan fingerprint density at radius 1 is 1.35 bits per heavy atom. The maximum Gasteiger partial charge on any atom is 0.317 e. The molecule has 5 nitrogen and oxygen atoms in total. The summed E-state index contributed by atoms with van der Waals surface area (Å²) in [5, 5.41) is 3.16. The smallest absolute Gasteiger partial charge is 0.317 e. The van der Waals surface area contributed by atoms with Crippen molar-refractivity contribution in [1.82, 2.24) is 10.2 Å². The number of carbonyl (C=O) groups is 1. The fourth-order valence-electron chi connectivity index (χ4n) is 3.11. The van der Waals surface area contributed by atoms with Crippen LogP contribution < -0.4 is 5.32 Å². The Balaban J connectivity index is 1.88. The van der Waals surface area contributed by atoms with Crippen LogP contribution in [-0.4, -0.2) is 54.5 Å². The monoisotopic (exact) mass is 284 g/mol. The number of hydrogen-bond donors (Lipinski definition) is 1. The van der Waals surface area contributed by atoms with E-state index in [1.54, 1.807) is 0 Å². The molecule has 116 valence electrons. The van der Waals surface area contributed by atoms with Crippen LogP contribution in [0.1, 0.15) is 47.0 Å². The summed E-state index contributed by atoms with van der Waals surface area (Å²) in [7, 11) is 0. The van der Waals surface area contributed by atoms with Crippen molar-refractivity contribution in [3.8, 4) is 0 Å². The van der Waals surface area contributed by atoms with Crippen molar-refractivity contribution in [1.29, 1.82) is 0 Å². The van der Waals surface area contributed by atoms with E-state index in [2.05, 4.69) is 33.0 Å². The highest BCUT2D eigenvalue weighted by molar-refractivity contribution is 5.74. The Bertz CT molecular complexity index is 340. The predicted octanol–water partition coefficient (Wildman–Crippen LogP) is 2.15. The third-order valence-corrected chi connectivity index (χ3v) is 4.40. The average molecular weight is 284 g/mol. The molecule has 2 heterocycles. The van der Waals surface area contributed by atoms with Gasteiger partial charge in [-0.2, -0.15) is 0 Å². The van der Waals surface area contributed by atoms with E-state index < -0.39 is 0 Å². The molecule has 20 heavy (non-hydrogen) atoms. The molecule has 0 radical (unpaired) electrons. The molecule has 2 saturated heterocycles. The lowest BCUT2D eigenvalue weighted by molar-refractivity contribution is -0.0883. The molecular weight excluding hydrogens is 256 g/mol. The van der Waals surface area contributed by atoms with Crippen LogP contribution in [-0.2, 0) is 9.47 Å². The van der Waals surface area contributed by atoms with Crippen molar-refractivity contribution in [2.24, 2.45) is 0 Å². The third kappa shape index (κ3) is 3.85. The van der Waals surface area contributed by atoms with Crippen LogP contribution in [0.3, 0.4) is 0 Å². The number of carbonyl (C=O) groups excluding carboxylic acids is 1. The second-order valence-electron chi connectivity index (χ2n) is 6.45. The van der Waals surface area contributed by atoms with Crippen LogP contribution in [0.15, 0.2) is 0 Å². The molecule has 2 fully saturated rings. The standard InChI is InChI=1S/C15H28N2O3/c1-5-15(4)10-17(6-7-19-15)14(18)16-13-8-11(2)20-12(3)9-13/h11-13H,5-10H2,1-4H3,(H,16,18)/t11-,12-,15-/m1/s1. The van der Waals surface area contributed by atoms with Gasteiger partial charge in [-0.15, -0.1) is 0 Å². The van der Waals surface area contributed by atoms with Gasteiger partial charge in [0.15, 0.2) is 0 Å². The SMILES string of the molecule is CC[C@]1(C)CN(C(=O)NC2C[C@@H](C)O[C@H](C)C2)CCO1. The van der Waals surface area contributed by atoms with E-state index in [1.807, 2.05) is 4.90 Å². The molecule has 0 aromatic carbocycles. The molecule has 0 unspecified atom stereocenters. The van der Waals surface area contributed by atoms with E-state index in [0.29, 0.717) is 19.7 Å². The van der Waals surface area contributed by atoms with E-state index in [4.69, 9.17) is 9.47 Å². The van der Waals surface area contributed by atoms with Crippen molar-refractivity contribution in [3.63, 3.8) is 0 Å². The molecule has 2 rings (SSSR count). The molecule has 2 aliphatic heterocycles. The van der Waals surface area contributed by atoms with Crippen LogP contribution in [0.4, 0.5) is 4.79 Å². The minimum absolute atomic E-state index is 0.0410. The van der Waals surface area contributed by atoms with Crippen molar-refractivity contribution >= 4 is 6.03 Å². The molecular formula is C15H28N2O3. The number of ether oxygens (including phenoxy) is 2. The Morgan fingerprint density at radius 3 is 2.60 bits per heavy atom. The number of rotatable bonds is 2. The van der Waals surface area contributed by atoms with Gasteiger partial charge in [0.1, 0.15) is 0 Å². The molecule has 0 aromatic heterocycles. The Kier molecular flexibility index (Phi) is 4.91. The summed E-state index contributed by atoms with van der Waals surface area (Å²) < 4.78 is 11.5. The summed E-state index contributed by atoms with van der Waals surface area (Å²) in [6.07, 6.45) is 3.14. The second kappa shape index (κ2) is 6.31. The van der Waals surface area contributed by atoms with Crippen LogP contribution in [0.25, 0.3) is 0 Å². The number of nitrogens with one attached hydrogen (secondary N) is 1. The van der Waals surface area contributed by atoms with E-state index in [1.165, 1.54) is 0 Å². The first-order chi connectivity index (χ1) is 9.42. The molecule has 0 aliphatic carbocycles. The van der Waals surface area contributed by atoms with E-state index in [9.17, 15) is 4.79 Å². The molecule has 2 amide bonds. The topological polar surface area (TPSA) is 50.8 Å². The number of nitrogens with zero attached hydrogens (tertiary/aromatic N) is 1. The first-order valence-electron chi connectivity index (χ1n) is 7.76. The minimum atomic E-state index is -0.203. The van der Waals surface area contributed by atoms with Crippen LogP contribution >= 0.6 is 0 Å². The van der Waals surface area contributed by atoms with Gasteiger partial charge < -0.3 is 19.7 Å². The summed E-state index contributed by atoms with van der Waals surface area (Å²) in [4.78, 5) is 14.3. The van der Waals surface area contributed by atoms with Crippen molar-refractivity contribution < 1.29 is 14.3 Å². The van der Waals surface area contributed by atoms with Gasteiger partial charge in [0.25, 0.3) is 0 Å². The Morgan fingerprint density at radius 2 is 2.00 bits per heavy atom. The zero-order chi connectivity index (χ0) is 14.8. The fraction of sp³-hybridized carbons (Fsp3) is 0.933. The first-order valence-corrected chi connectivity index (χ1v) is 7.76. The molecule has 1 N–H and O–H groups in total. The van der Waals surface area contributed by atoms with Gasteiger partial charge in [-0.05, 0) is 40.0 Å². The van der Waals surface area contributed by atoms with Crippen LogP contribution in [0, 0.1) is 0 Å². The summed E-state index contributed by atoms with van der Waals surface area (Å²) >= 11 is 0. The largest absolute Gasteiger partial charge is 0.375 e. The first kappa shape index (κ1) is 15.6. The zero-order valence-corrected chi connectivity index (χ0v) is 13.1. The highest BCUT2D eigenvalue weighted by Crippen LogP contribution is 2.22. The van der Waals surface area contributed by atoms with E-state index >= 15 is 0 Å². The maximum atomic E-state index is 12.4. The average Bonchev–Trinajstić information content (AvgIpc) is 2.37. The van der Waals surface area contributed by atoms with Crippen molar-refractivity contribution in [2.45, 2.75) is 70.8 Å². The Labute approximate surface area is 122 Å².